The second-order valence-electron chi connectivity index (χ2n) is 8.95. The van der Waals surface area contributed by atoms with Gasteiger partial charge in [0.05, 0.1) is 6.04 Å². The summed E-state index contributed by atoms with van der Waals surface area (Å²) < 4.78 is 0. The first-order valence-electron chi connectivity index (χ1n) is 10.9. The molecule has 1 fully saturated rings. The molecule has 2 N–H and O–H groups in total. The van der Waals surface area contributed by atoms with Crippen molar-refractivity contribution in [3.8, 4) is 0 Å². The Labute approximate surface area is 186 Å². The minimum absolute atomic E-state index is 0.109. The molecule has 3 rings (SSSR count). The van der Waals surface area contributed by atoms with E-state index in [4.69, 9.17) is 11.6 Å². The zero-order valence-corrected chi connectivity index (χ0v) is 19.2. The van der Waals surface area contributed by atoms with Crippen molar-refractivity contribution < 1.29 is 4.79 Å². The average Bonchev–Trinajstić information content (AvgIpc) is 3.09. The largest absolute Gasteiger partial charge is 0.353 e. The monoisotopic (exact) mass is 427 g/mol. The highest BCUT2D eigenvalue weighted by Crippen LogP contribution is 2.23. The number of hydrogen-bond acceptors (Lipinski definition) is 3. The van der Waals surface area contributed by atoms with E-state index in [1.807, 2.05) is 32.0 Å². The molecule has 162 valence electrons. The van der Waals surface area contributed by atoms with Gasteiger partial charge in [0.1, 0.15) is 0 Å². The Bertz CT molecular complexity index is 835. The van der Waals surface area contributed by atoms with Crippen molar-refractivity contribution in [1.82, 2.24) is 15.5 Å². The van der Waals surface area contributed by atoms with Crippen LogP contribution in [-0.4, -0.2) is 35.5 Å². The number of amides is 1. The first kappa shape index (κ1) is 22.8. The van der Waals surface area contributed by atoms with Gasteiger partial charge in [-0.2, -0.15) is 0 Å². The Balaban J connectivity index is 1.64. The van der Waals surface area contributed by atoms with Gasteiger partial charge < -0.3 is 10.6 Å². The predicted octanol–water partition coefficient (Wildman–Crippen LogP) is 4.72. The summed E-state index contributed by atoms with van der Waals surface area (Å²) in [5, 5.41) is 7.48. The lowest BCUT2D eigenvalue weighted by Crippen LogP contribution is -2.45. The molecule has 0 radical (unpaired) electrons. The third-order valence-corrected chi connectivity index (χ3v) is 5.89. The number of rotatable bonds is 8. The number of benzene rings is 2. The van der Waals surface area contributed by atoms with Gasteiger partial charge in [0.2, 0.25) is 5.91 Å². The number of likely N-dealkylation sites (tertiary alicyclic amines) is 1. The molecule has 0 spiro atoms. The summed E-state index contributed by atoms with van der Waals surface area (Å²) in [5.41, 5.74) is 3.77. The normalized spacial score (nSPS) is 19.6. The van der Waals surface area contributed by atoms with Crippen LogP contribution in [0.25, 0.3) is 0 Å². The topological polar surface area (TPSA) is 44.4 Å². The smallest absolute Gasteiger partial charge is 0.237 e. The van der Waals surface area contributed by atoms with Gasteiger partial charge >= 0.3 is 0 Å². The predicted molar refractivity (Wildman–Crippen MR) is 125 cm³/mol. The number of nitrogens with zero attached hydrogens (tertiary/aromatic N) is 1. The maximum absolute atomic E-state index is 12.8. The maximum atomic E-state index is 12.8. The third-order valence-electron chi connectivity index (χ3n) is 5.65. The molecule has 0 unspecified atom stereocenters. The van der Waals surface area contributed by atoms with Crippen molar-refractivity contribution in [2.45, 2.75) is 71.2 Å². The van der Waals surface area contributed by atoms with Crippen LogP contribution in [0.1, 0.15) is 56.7 Å². The SMILES string of the molecule is CC(C)NC(=O)[C@@H]1C[C@@H](NCc2ccc(C(C)C)cc2)CN1Cc1cccc(Cl)c1. The van der Waals surface area contributed by atoms with E-state index >= 15 is 0 Å². The standard InChI is InChI=1S/C25H34ClN3O/c1-17(2)21-10-8-19(9-11-21)14-27-23-13-24(25(30)28-18(3)4)29(16-23)15-20-6-5-7-22(26)12-20/h5-12,17-18,23-24,27H,13-16H2,1-4H3,(H,28,30)/t23-,24+/m1/s1. The van der Waals surface area contributed by atoms with E-state index in [-0.39, 0.29) is 24.0 Å². The molecule has 1 aliphatic heterocycles. The Hall–Kier alpha value is -1.88. The molecule has 0 bridgehead atoms. The molecule has 1 amide bonds. The van der Waals surface area contributed by atoms with Crippen LogP contribution in [-0.2, 0) is 17.9 Å². The van der Waals surface area contributed by atoms with E-state index in [9.17, 15) is 4.79 Å². The zero-order chi connectivity index (χ0) is 21.7. The molecule has 2 aromatic carbocycles. The minimum Gasteiger partial charge on any atom is -0.353 e. The van der Waals surface area contributed by atoms with Gasteiger partial charge in [0, 0.05) is 36.7 Å². The van der Waals surface area contributed by atoms with E-state index in [1.54, 1.807) is 0 Å². The number of carbonyl (C=O) groups excluding carboxylic acids is 1. The van der Waals surface area contributed by atoms with Crippen molar-refractivity contribution in [2.75, 3.05) is 6.54 Å². The third kappa shape index (κ3) is 6.31. The zero-order valence-electron chi connectivity index (χ0n) is 18.5. The van der Waals surface area contributed by atoms with Crippen LogP contribution >= 0.6 is 11.6 Å². The summed E-state index contributed by atoms with van der Waals surface area (Å²) in [6, 6.07) is 17.0. The highest BCUT2D eigenvalue weighted by Gasteiger charge is 2.36. The van der Waals surface area contributed by atoms with E-state index in [1.165, 1.54) is 11.1 Å². The quantitative estimate of drug-likeness (QED) is 0.640. The first-order chi connectivity index (χ1) is 14.3. The van der Waals surface area contributed by atoms with Crippen LogP contribution in [0.2, 0.25) is 5.02 Å². The second kappa shape index (κ2) is 10.4. The molecule has 4 nitrogen and oxygen atoms in total. The Kier molecular flexibility index (Phi) is 7.93. The first-order valence-corrected chi connectivity index (χ1v) is 11.3. The van der Waals surface area contributed by atoms with Gasteiger partial charge in [0.25, 0.3) is 0 Å². The summed E-state index contributed by atoms with van der Waals surface area (Å²) in [5.74, 6) is 0.653. The second-order valence-corrected chi connectivity index (χ2v) is 9.38. The fraction of sp³-hybridized carbons (Fsp3) is 0.480. The van der Waals surface area contributed by atoms with E-state index in [0.29, 0.717) is 5.92 Å². The number of hydrogen-bond donors (Lipinski definition) is 2. The van der Waals surface area contributed by atoms with Crippen LogP contribution in [0.3, 0.4) is 0 Å². The summed E-state index contributed by atoms with van der Waals surface area (Å²) in [6.07, 6.45) is 0.809. The van der Waals surface area contributed by atoms with Crippen molar-refractivity contribution in [1.29, 1.82) is 0 Å². The molecule has 1 aliphatic rings. The van der Waals surface area contributed by atoms with Crippen LogP contribution in [0.15, 0.2) is 48.5 Å². The molecular weight excluding hydrogens is 394 g/mol. The molecule has 2 aromatic rings. The molecule has 0 aliphatic carbocycles. The minimum atomic E-state index is -0.132. The van der Waals surface area contributed by atoms with Crippen LogP contribution in [0, 0.1) is 0 Å². The fourth-order valence-electron chi connectivity index (χ4n) is 4.03. The molecule has 2 atom stereocenters. The Morgan fingerprint density at radius 2 is 1.83 bits per heavy atom. The van der Waals surface area contributed by atoms with Gasteiger partial charge in [-0.15, -0.1) is 0 Å². The van der Waals surface area contributed by atoms with Gasteiger partial charge in [-0.1, -0.05) is 61.8 Å². The van der Waals surface area contributed by atoms with Crippen molar-refractivity contribution in [2.24, 2.45) is 0 Å². The lowest BCUT2D eigenvalue weighted by atomic mass is 10.0. The Morgan fingerprint density at radius 3 is 2.47 bits per heavy atom. The van der Waals surface area contributed by atoms with Crippen LogP contribution in [0.4, 0.5) is 0 Å². The fourth-order valence-corrected chi connectivity index (χ4v) is 4.24. The van der Waals surface area contributed by atoms with Gasteiger partial charge in [-0.25, -0.2) is 0 Å². The van der Waals surface area contributed by atoms with E-state index < -0.39 is 0 Å². The lowest BCUT2D eigenvalue weighted by Gasteiger charge is -2.24. The molecule has 0 aromatic heterocycles. The van der Waals surface area contributed by atoms with E-state index in [0.717, 1.165) is 36.6 Å². The highest BCUT2D eigenvalue weighted by molar-refractivity contribution is 6.30. The van der Waals surface area contributed by atoms with Gasteiger partial charge in [-0.3, -0.25) is 9.69 Å². The average molecular weight is 428 g/mol. The molecular formula is C25H34ClN3O. The van der Waals surface area contributed by atoms with Gasteiger partial charge in [0.15, 0.2) is 0 Å². The molecule has 1 saturated heterocycles. The van der Waals surface area contributed by atoms with E-state index in [2.05, 4.69) is 59.7 Å². The Morgan fingerprint density at radius 1 is 1.10 bits per heavy atom. The summed E-state index contributed by atoms with van der Waals surface area (Å²) in [6.45, 7) is 10.8. The van der Waals surface area contributed by atoms with Crippen LogP contribution in [0.5, 0.6) is 0 Å². The summed E-state index contributed by atoms with van der Waals surface area (Å²) in [4.78, 5) is 15.1. The number of carbonyl (C=O) groups is 1. The number of nitrogens with one attached hydrogen (secondary N) is 2. The molecule has 30 heavy (non-hydrogen) atoms. The van der Waals surface area contributed by atoms with Crippen molar-refractivity contribution in [3.63, 3.8) is 0 Å². The maximum Gasteiger partial charge on any atom is 0.237 e. The van der Waals surface area contributed by atoms with Crippen LogP contribution < -0.4 is 10.6 Å². The van der Waals surface area contributed by atoms with Crippen molar-refractivity contribution >= 4 is 17.5 Å². The summed E-state index contributed by atoms with van der Waals surface area (Å²) in [7, 11) is 0. The van der Waals surface area contributed by atoms with Crippen molar-refractivity contribution in [3.05, 3.63) is 70.2 Å². The van der Waals surface area contributed by atoms with Gasteiger partial charge in [-0.05, 0) is 55.0 Å². The summed E-state index contributed by atoms with van der Waals surface area (Å²) >= 11 is 6.16. The molecule has 0 saturated carbocycles. The number of halogens is 1. The lowest BCUT2D eigenvalue weighted by molar-refractivity contribution is -0.126. The molecule has 1 heterocycles. The highest BCUT2D eigenvalue weighted by atomic mass is 35.5. The molecule has 5 heteroatoms.